The van der Waals surface area contributed by atoms with Crippen LogP contribution in [0, 0.1) is 0 Å². The molecule has 14 heteroatoms. The molecule has 0 aliphatic carbocycles. The molecule has 4 aromatic rings. The van der Waals surface area contributed by atoms with Gasteiger partial charge in [-0.2, -0.15) is 0 Å². The summed E-state index contributed by atoms with van der Waals surface area (Å²) in [5.74, 6) is 0. The number of aromatic nitrogens is 8. The predicted octanol–water partition coefficient (Wildman–Crippen LogP) is 0.374. The largest absolute Gasteiger partial charge is 0.332 e. The summed E-state index contributed by atoms with van der Waals surface area (Å²) in [6.07, 6.45) is 5.13. The molecule has 0 spiro atoms. The molecule has 4 aromatic heterocycles. The highest BCUT2D eigenvalue weighted by Crippen LogP contribution is 2.14. The van der Waals surface area contributed by atoms with Crippen LogP contribution in [0.25, 0.3) is 22.3 Å². The van der Waals surface area contributed by atoms with E-state index in [-0.39, 0.29) is 22.5 Å². The van der Waals surface area contributed by atoms with Gasteiger partial charge in [0.2, 0.25) is 0 Å². The topological polar surface area (TPSA) is 124 Å². The van der Waals surface area contributed by atoms with Gasteiger partial charge in [-0.15, -0.1) is 0 Å². The smallest absolute Gasteiger partial charge is 0.328 e. The molecule has 0 aliphatic heterocycles. The Kier molecular flexibility index (Phi) is 9.83. The molecule has 0 amide bonds. The quantitative estimate of drug-likeness (QED) is 0.141. The first-order chi connectivity index (χ1) is 20.9. The van der Waals surface area contributed by atoms with E-state index in [4.69, 9.17) is 0 Å². The van der Waals surface area contributed by atoms with Crippen molar-refractivity contribution in [3.63, 3.8) is 0 Å². The third kappa shape index (κ3) is 5.84. The summed E-state index contributed by atoms with van der Waals surface area (Å²) in [5, 5.41) is 0. The van der Waals surface area contributed by atoms with Gasteiger partial charge in [0.25, 0.3) is 11.1 Å². The zero-order chi connectivity index (χ0) is 32.4. The fourth-order valence-electron chi connectivity index (χ4n) is 6.64. The molecule has 0 N–H and O–H groups in total. The lowest BCUT2D eigenvalue weighted by molar-refractivity contribution is -0.931. The molecule has 242 valence electrons. The van der Waals surface area contributed by atoms with Gasteiger partial charge in [-0.1, -0.05) is 0 Å². The zero-order valence-electron chi connectivity index (χ0n) is 27.7. The van der Waals surface area contributed by atoms with E-state index in [1.807, 2.05) is 0 Å². The molecule has 0 saturated heterocycles. The van der Waals surface area contributed by atoms with Crippen LogP contribution < -0.4 is 22.5 Å². The number of rotatable bonds is 15. The fraction of sp³-hybridized carbons (Fsp3) is 0.667. The fourth-order valence-corrected chi connectivity index (χ4v) is 6.64. The van der Waals surface area contributed by atoms with Crippen LogP contribution in [-0.2, 0) is 41.3 Å². The maximum Gasteiger partial charge on any atom is 0.332 e. The van der Waals surface area contributed by atoms with Crippen molar-refractivity contribution in [3.05, 3.63) is 54.3 Å². The van der Waals surface area contributed by atoms with Crippen molar-refractivity contribution < 1.29 is 8.97 Å². The molecular formula is C30H50N10O4+2. The molecule has 0 saturated carbocycles. The highest BCUT2D eigenvalue weighted by Gasteiger charge is 2.28. The molecule has 0 radical (unpaired) electrons. The standard InChI is InChI=1S/C30H50N10O4/c1-9-39(10-2,19-15-37-27(41)23-25(31-21-33(23)5)35(7)29(37)43)17-13-14-18-40(11-3,12-4)20-16-38-28(42)24-26(32-22-34(24)6)36(8)30(38)44/h21-22H,9-20H2,1-8H3/q+2. The minimum atomic E-state index is -0.337. The number of imidazole rings is 2. The molecule has 0 fully saturated rings. The van der Waals surface area contributed by atoms with E-state index in [0.717, 1.165) is 61.1 Å². The van der Waals surface area contributed by atoms with Crippen molar-refractivity contribution in [2.24, 2.45) is 28.2 Å². The van der Waals surface area contributed by atoms with E-state index >= 15 is 0 Å². The molecule has 0 bridgehead atoms. The summed E-state index contributed by atoms with van der Waals surface area (Å²) in [4.78, 5) is 61.1. The summed E-state index contributed by atoms with van der Waals surface area (Å²) >= 11 is 0. The Bertz CT molecular complexity index is 1730. The van der Waals surface area contributed by atoms with E-state index in [2.05, 4.69) is 37.7 Å². The number of aryl methyl sites for hydroxylation is 4. The molecule has 44 heavy (non-hydrogen) atoms. The van der Waals surface area contributed by atoms with Crippen LogP contribution in [0.5, 0.6) is 0 Å². The molecule has 0 aliphatic rings. The lowest BCUT2D eigenvalue weighted by Gasteiger charge is -2.39. The second kappa shape index (κ2) is 13.1. The average Bonchev–Trinajstić information content (AvgIpc) is 3.61. The van der Waals surface area contributed by atoms with Crippen molar-refractivity contribution >= 4 is 22.3 Å². The second-order valence-corrected chi connectivity index (χ2v) is 12.2. The third-order valence-corrected chi connectivity index (χ3v) is 10.2. The lowest BCUT2D eigenvalue weighted by Crippen LogP contribution is -2.54. The first-order valence-electron chi connectivity index (χ1n) is 15.8. The minimum absolute atomic E-state index is 0.294. The van der Waals surface area contributed by atoms with Crippen molar-refractivity contribution in [1.82, 2.24) is 37.4 Å². The van der Waals surface area contributed by atoms with Gasteiger partial charge >= 0.3 is 11.4 Å². The predicted molar refractivity (Wildman–Crippen MR) is 172 cm³/mol. The average molecular weight is 615 g/mol. The monoisotopic (exact) mass is 614 g/mol. The van der Waals surface area contributed by atoms with Gasteiger partial charge in [0.15, 0.2) is 22.3 Å². The van der Waals surface area contributed by atoms with Crippen molar-refractivity contribution in [2.45, 2.75) is 53.6 Å². The summed E-state index contributed by atoms with van der Waals surface area (Å²) in [6.45, 7) is 16.3. The summed E-state index contributed by atoms with van der Waals surface area (Å²) in [5.41, 5.74) is 0.421. The number of hydrogen-bond donors (Lipinski definition) is 0. The van der Waals surface area contributed by atoms with Gasteiger partial charge in [-0.25, -0.2) is 19.6 Å². The van der Waals surface area contributed by atoms with Crippen LogP contribution in [0.2, 0.25) is 0 Å². The van der Waals surface area contributed by atoms with E-state index in [1.165, 1.54) is 18.3 Å². The normalized spacial score (nSPS) is 12.6. The number of hydrogen-bond acceptors (Lipinski definition) is 6. The SMILES string of the molecule is CC[N+](CC)(CCCC[N+](CC)(CC)CCn1c(=O)c2c(ncn2C)n(C)c1=O)CCn1c(=O)c2c(ncn2C)n(C)c1=O. The summed E-state index contributed by atoms with van der Waals surface area (Å²) < 4.78 is 10.6. The molecule has 0 aromatic carbocycles. The first-order valence-corrected chi connectivity index (χ1v) is 15.8. The van der Waals surface area contributed by atoms with E-state index in [1.54, 1.807) is 50.0 Å². The van der Waals surface area contributed by atoms with E-state index in [0.29, 0.717) is 48.5 Å². The number of nitrogens with zero attached hydrogens (tertiary/aromatic N) is 10. The highest BCUT2D eigenvalue weighted by molar-refractivity contribution is 5.70. The van der Waals surface area contributed by atoms with E-state index < -0.39 is 0 Å². The molecule has 0 atom stereocenters. The second-order valence-electron chi connectivity index (χ2n) is 12.2. The maximum atomic E-state index is 13.2. The number of unbranched alkanes of at least 4 members (excludes halogenated alkanes) is 1. The lowest BCUT2D eigenvalue weighted by atomic mass is 10.2. The van der Waals surface area contributed by atoms with Gasteiger partial charge < -0.3 is 18.1 Å². The van der Waals surface area contributed by atoms with Crippen LogP contribution in [0.1, 0.15) is 40.5 Å². The third-order valence-electron chi connectivity index (χ3n) is 10.2. The molecular weight excluding hydrogens is 564 g/mol. The Labute approximate surface area is 257 Å². The molecule has 14 nitrogen and oxygen atoms in total. The maximum absolute atomic E-state index is 13.2. The van der Waals surface area contributed by atoms with E-state index in [9.17, 15) is 19.2 Å². The Morgan fingerprint density at radius 2 is 0.909 bits per heavy atom. The van der Waals surface area contributed by atoms with Crippen LogP contribution in [0.15, 0.2) is 31.8 Å². The van der Waals surface area contributed by atoms with Crippen LogP contribution in [0.4, 0.5) is 0 Å². The molecule has 0 unspecified atom stereocenters. The van der Waals surface area contributed by atoms with Crippen molar-refractivity contribution in [3.8, 4) is 0 Å². The Morgan fingerprint density at radius 3 is 1.23 bits per heavy atom. The highest BCUT2D eigenvalue weighted by atomic mass is 16.2. The van der Waals surface area contributed by atoms with Crippen molar-refractivity contribution in [1.29, 1.82) is 0 Å². The Morgan fingerprint density at radius 1 is 0.568 bits per heavy atom. The molecule has 4 heterocycles. The Balaban J connectivity index is 1.44. The number of quaternary nitrogens is 2. The van der Waals surface area contributed by atoms with Gasteiger partial charge in [0.1, 0.15) is 0 Å². The summed E-state index contributed by atoms with van der Waals surface area (Å²) in [6, 6.07) is 0. The van der Waals surface area contributed by atoms with Gasteiger partial charge in [-0.05, 0) is 27.7 Å². The van der Waals surface area contributed by atoms with Gasteiger partial charge in [-0.3, -0.25) is 27.9 Å². The van der Waals surface area contributed by atoms with Crippen LogP contribution in [-0.4, -0.2) is 98.7 Å². The van der Waals surface area contributed by atoms with Crippen LogP contribution >= 0.6 is 0 Å². The zero-order valence-corrected chi connectivity index (χ0v) is 27.7. The Hall–Kier alpha value is -3.78. The van der Waals surface area contributed by atoms with Crippen molar-refractivity contribution in [2.75, 3.05) is 52.4 Å². The number of likely N-dealkylation sites (N-methyl/N-ethyl adjacent to an activating group) is 2. The minimum Gasteiger partial charge on any atom is -0.328 e. The van der Waals surface area contributed by atoms with Gasteiger partial charge in [0.05, 0.1) is 78.1 Å². The number of fused-ring (bicyclic) bond motifs is 2. The summed E-state index contributed by atoms with van der Waals surface area (Å²) in [7, 11) is 6.86. The van der Waals surface area contributed by atoms with Crippen LogP contribution in [0.3, 0.4) is 0 Å². The first kappa shape index (κ1) is 33.1. The van der Waals surface area contributed by atoms with Gasteiger partial charge in [0, 0.05) is 41.0 Å². The molecule has 4 rings (SSSR count).